The van der Waals surface area contributed by atoms with Crippen molar-refractivity contribution in [2.75, 3.05) is 7.11 Å². The van der Waals surface area contributed by atoms with Crippen molar-refractivity contribution in [2.45, 2.75) is 38.3 Å². The molecular weight excluding hydrogens is 132 g/mol. The minimum Gasteiger partial charge on any atom is -0.390 e. The summed E-state index contributed by atoms with van der Waals surface area (Å²) in [4.78, 5) is 0. The summed E-state index contributed by atoms with van der Waals surface area (Å²) >= 11 is 0. The maximum Gasteiger partial charge on any atom is 0.157 e. The summed E-state index contributed by atoms with van der Waals surface area (Å²) in [7, 11) is 1.62. The molecule has 0 aromatic carbocycles. The summed E-state index contributed by atoms with van der Waals surface area (Å²) in [6, 6.07) is 0. The molecule has 0 bridgehead atoms. The molecule has 0 amide bonds. The van der Waals surface area contributed by atoms with Crippen LogP contribution in [-0.4, -0.2) is 30.7 Å². The van der Waals surface area contributed by atoms with E-state index in [1.165, 1.54) is 0 Å². The Kier molecular flexibility index (Phi) is 2.65. The zero-order chi connectivity index (χ0) is 7.56. The van der Waals surface area contributed by atoms with Crippen LogP contribution in [0.5, 0.6) is 0 Å². The van der Waals surface area contributed by atoms with Crippen LogP contribution in [-0.2, 0) is 9.47 Å². The van der Waals surface area contributed by atoms with E-state index in [9.17, 15) is 5.11 Å². The van der Waals surface area contributed by atoms with Gasteiger partial charge in [-0.1, -0.05) is 0 Å². The molecule has 3 heteroatoms. The van der Waals surface area contributed by atoms with Gasteiger partial charge in [0.25, 0.3) is 0 Å². The Morgan fingerprint density at radius 3 is 2.70 bits per heavy atom. The van der Waals surface area contributed by atoms with E-state index in [1.54, 1.807) is 7.11 Å². The minimum atomic E-state index is -0.314. The summed E-state index contributed by atoms with van der Waals surface area (Å²) in [5.74, 6) is 0. The van der Waals surface area contributed by atoms with Crippen molar-refractivity contribution >= 4 is 0 Å². The Hall–Kier alpha value is -0.120. The van der Waals surface area contributed by atoms with E-state index in [4.69, 9.17) is 9.47 Å². The van der Waals surface area contributed by atoms with Crippen LogP contribution in [0, 0.1) is 0 Å². The molecule has 1 aliphatic heterocycles. The highest BCUT2D eigenvalue weighted by atomic mass is 16.7. The molecule has 1 aliphatic rings. The number of aliphatic hydroxyl groups excluding tert-OH is 1. The number of hydrogen-bond donors (Lipinski definition) is 1. The maximum atomic E-state index is 9.21. The lowest BCUT2D eigenvalue weighted by Crippen LogP contribution is -2.37. The van der Waals surface area contributed by atoms with Crippen molar-refractivity contribution in [1.82, 2.24) is 0 Å². The summed E-state index contributed by atoms with van der Waals surface area (Å²) in [5, 5.41) is 9.21. The van der Waals surface area contributed by atoms with E-state index in [1.807, 2.05) is 6.92 Å². The Morgan fingerprint density at radius 1 is 1.50 bits per heavy atom. The topological polar surface area (TPSA) is 38.7 Å². The van der Waals surface area contributed by atoms with Gasteiger partial charge in [-0.05, 0) is 13.3 Å². The fourth-order valence-corrected chi connectivity index (χ4v) is 1.11. The van der Waals surface area contributed by atoms with Crippen LogP contribution < -0.4 is 0 Å². The predicted octanol–water partition coefficient (Wildman–Crippen LogP) is 0.519. The fraction of sp³-hybridized carbons (Fsp3) is 1.00. The van der Waals surface area contributed by atoms with Crippen LogP contribution in [0.15, 0.2) is 0 Å². The molecule has 0 saturated carbocycles. The van der Waals surface area contributed by atoms with E-state index in [0.29, 0.717) is 0 Å². The summed E-state index contributed by atoms with van der Waals surface area (Å²) < 4.78 is 10.3. The first kappa shape index (κ1) is 7.98. The molecule has 1 rings (SSSR count). The number of ether oxygens (including phenoxy) is 2. The average Bonchev–Trinajstić information content (AvgIpc) is 1.95. The van der Waals surface area contributed by atoms with Crippen molar-refractivity contribution in [3.05, 3.63) is 0 Å². The number of aliphatic hydroxyl groups is 1. The molecule has 0 unspecified atom stereocenters. The highest BCUT2D eigenvalue weighted by Crippen LogP contribution is 2.19. The number of methoxy groups -OCH3 is 1. The van der Waals surface area contributed by atoms with Crippen LogP contribution in [0.4, 0.5) is 0 Å². The third kappa shape index (κ3) is 1.68. The minimum absolute atomic E-state index is 0.0845. The van der Waals surface area contributed by atoms with Gasteiger partial charge < -0.3 is 14.6 Å². The maximum absolute atomic E-state index is 9.21. The number of rotatable bonds is 1. The first-order chi connectivity index (χ1) is 4.74. The monoisotopic (exact) mass is 146 g/mol. The van der Waals surface area contributed by atoms with Gasteiger partial charge in [-0.2, -0.15) is 0 Å². The second kappa shape index (κ2) is 3.32. The van der Waals surface area contributed by atoms with Crippen LogP contribution in [0.25, 0.3) is 0 Å². The van der Waals surface area contributed by atoms with Gasteiger partial charge >= 0.3 is 0 Å². The molecule has 0 aromatic rings. The smallest absolute Gasteiger partial charge is 0.157 e. The zero-order valence-corrected chi connectivity index (χ0v) is 6.41. The largest absolute Gasteiger partial charge is 0.390 e. The van der Waals surface area contributed by atoms with Gasteiger partial charge in [0.05, 0.1) is 12.2 Å². The Bertz CT molecular complexity index is 105. The lowest BCUT2D eigenvalue weighted by atomic mass is 10.1. The van der Waals surface area contributed by atoms with Gasteiger partial charge in [-0.3, -0.25) is 0 Å². The van der Waals surface area contributed by atoms with E-state index in [2.05, 4.69) is 0 Å². The molecule has 1 N–H and O–H groups in total. The third-order valence-electron chi connectivity index (χ3n) is 1.87. The Morgan fingerprint density at radius 2 is 2.20 bits per heavy atom. The van der Waals surface area contributed by atoms with E-state index >= 15 is 0 Å². The van der Waals surface area contributed by atoms with E-state index in [-0.39, 0.29) is 18.5 Å². The van der Waals surface area contributed by atoms with Gasteiger partial charge in [-0.15, -0.1) is 0 Å². The Labute approximate surface area is 60.9 Å². The molecule has 0 spiro atoms. The summed E-state index contributed by atoms with van der Waals surface area (Å²) in [6.45, 7) is 1.86. The van der Waals surface area contributed by atoms with Gasteiger partial charge in [0.2, 0.25) is 0 Å². The molecule has 3 atom stereocenters. The van der Waals surface area contributed by atoms with Crippen molar-refractivity contribution in [3.63, 3.8) is 0 Å². The first-order valence-corrected chi connectivity index (χ1v) is 3.60. The molecule has 0 aliphatic carbocycles. The number of hydrogen-bond acceptors (Lipinski definition) is 3. The van der Waals surface area contributed by atoms with Crippen LogP contribution >= 0.6 is 0 Å². The van der Waals surface area contributed by atoms with Gasteiger partial charge in [0.1, 0.15) is 0 Å². The van der Waals surface area contributed by atoms with Crippen molar-refractivity contribution in [3.8, 4) is 0 Å². The molecule has 1 fully saturated rings. The van der Waals surface area contributed by atoms with Crippen LogP contribution in [0.2, 0.25) is 0 Å². The average molecular weight is 146 g/mol. The van der Waals surface area contributed by atoms with Crippen LogP contribution in [0.3, 0.4) is 0 Å². The SMILES string of the molecule is CO[C@H]1CC[C@@H](O)[C@H](C)O1. The predicted molar refractivity (Wildman–Crippen MR) is 36.6 cm³/mol. The molecule has 1 heterocycles. The lowest BCUT2D eigenvalue weighted by molar-refractivity contribution is -0.206. The summed E-state index contributed by atoms with van der Waals surface area (Å²) in [6.07, 6.45) is 1.06. The van der Waals surface area contributed by atoms with Crippen molar-refractivity contribution in [2.24, 2.45) is 0 Å². The van der Waals surface area contributed by atoms with E-state index in [0.717, 1.165) is 12.8 Å². The van der Waals surface area contributed by atoms with Gasteiger partial charge in [0.15, 0.2) is 6.29 Å². The quantitative estimate of drug-likeness (QED) is 0.586. The normalized spacial score (nSPS) is 41.7. The van der Waals surface area contributed by atoms with Crippen molar-refractivity contribution in [1.29, 1.82) is 0 Å². The second-order valence-electron chi connectivity index (χ2n) is 2.65. The first-order valence-electron chi connectivity index (χ1n) is 3.60. The molecular formula is C7H14O3. The molecule has 0 radical (unpaired) electrons. The molecule has 3 nitrogen and oxygen atoms in total. The Balaban J connectivity index is 2.33. The zero-order valence-electron chi connectivity index (χ0n) is 6.41. The molecule has 10 heavy (non-hydrogen) atoms. The highest BCUT2D eigenvalue weighted by molar-refractivity contribution is 4.70. The highest BCUT2D eigenvalue weighted by Gasteiger charge is 2.25. The molecule has 1 saturated heterocycles. The van der Waals surface area contributed by atoms with E-state index < -0.39 is 0 Å². The van der Waals surface area contributed by atoms with Gasteiger partial charge in [0, 0.05) is 13.5 Å². The van der Waals surface area contributed by atoms with Crippen molar-refractivity contribution < 1.29 is 14.6 Å². The molecule has 0 aromatic heterocycles. The molecule has 60 valence electrons. The third-order valence-corrected chi connectivity index (χ3v) is 1.87. The second-order valence-corrected chi connectivity index (χ2v) is 2.65. The van der Waals surface area contributed by atoms with Crippen LogP contribution in [0.1, 0.15) is 19.8 Å². The standard InChI is InChI=1S/C7H14O3/c1-5-6(8)3-4-7(9-2)10-5/h5-8H,3-4H2,1-2H3/t5-,6+,7+/m0/s1. The van der Waals surface area contributed by atoms with Gasteiger partial charge in [-0.25, -0.2) is 0 Å². The fourth-order valence-electron chi connectivity index (χ4n) is 1.11. The summed E-state index contributed by atoms with van der Waals surface area (Å²) in [5.41, 5.74) is 0. The lowest BCUT2D eigenvalue weighted by Gasteiger charge is -2.30.